The second-order valence-corrected chi connectivity index (χ2v) is 5.90. The van der Waals surface area contributed by atoms with Crippen LogP contribution in [-0.2, 0) is 6.42 Å². The number of nitrogens with two attached hydrogens (primary N) is 1. The van der Waals surface area contributed by atoms with Gasteiger partial charge in [0.15, 0.2) is 0 Å². The van der Waals surface area contributed by atoms with Crippen LogP contribution in [0, 0.1) is 3.57 Å². The zero-order valence-electron chi connectivity index (χ0n) is 9.11. The molecule has 0 bridgehead atoms. The van der Waals surface area contributed by atoms with Gasteiger partial charge in [0.2, 0.25) is 0 Å². The van der Waals surface area contributed by atoms with Crippen LogP contribution in [0.5, 0.6) is 0 Å². The number of aromatic nitrogens is 1. The predicted molar refractivity (Wildman–Crippen MR) is 81.7 cm³/mol. The van der Waals surface area contributed by atoms with E-state index in [1.165, 1.54) is 3.57 Å². The molecule has 17 heavy (non-hydrogen) atoms. The molecule has 0 fully saturated rings. The summed E-state index contributed by atoms with van der Waals surface area (Å²) in [4.78, 5) is 4.30. The minimum absolute atomic E-state index is 0.0333. The number of pyridine rings is 1. The van der Waals surface area contributed by atoms with Crippen LogP contribution in [0.2, 0.25) is 0 Å². The molecular formula is C13H12BrIN2. The molecule has 0 saturated carbocycles. The van der Waals surface area contributed by atoms with Crippen LogP contribution in [0.3, 0.4) is 0 Å². The molecule has 0 saturated heterocycles. The maximum Gasteiger partial charge on any atom is 0.0422 e. The molecule has 88 valence electrons. The number of nitrogens with zero attached hydrogens (tertiary/aromatic N) is 1. The third-order valence-corrected chi connectivity index (χ3v) is 3.91. The summed E-state index contributed by atoms with van der Waals surface area (Å²) >= 11 is 5.84. The highest BCUT2D eigenvalue weighted by Gasteiger charge is 2.11. The number of rotatable bonds is 3. The van der Waals surface area contributed by atoms with E-state index in [1.807, 2.05) is 24.3 Å². The summed E-state index contributed by atoms with van der Waals surface area (Å²) in [5.41, 5.74) is 8.37. The first-order valence-corrected chi connectivity index (χ1v) is 7.14. The molecule has 4 heteroatoms. The van der Waals surface area contributed by atoms with Crippen molar-refractivity contribution in [3.05, 3.63) is 61.9 Å². The van der Waals surface area contributed by atoms with E-state index in [4.69, 9.17) is 5.73 Å². The molecule has 0 amide bonds. The van der Waals surface area contributed by atoms with E-state index < -0.39 is 0 Å². The van der Waals surface area contributed by atoms with Crippen molar-refractivity contribution in [3.63, 3.8) is 0 Å². The minimum Gasteiger partial charge on any atom is -0.324 e. The number of halogens is 2. The van der Waals surface area contributed by atoms with Crippen molar-refractivity contribution in [2.45, 2.75) is 12.5 Å². The number of hydrogen-bond acceptors (Lipinski definition) is 2. The van der Waals surface area contributed by atoms with Crippen LogP contribution in [0.4, 0.5) is 0 Å². The van der Waals surface area contributed by atoms with Gasteiger partial charge in [0.25, 0.3) is 0 Å². The Kier molecular flexibility index (Phi) is 4.53. The highest BCUT2D eigenvalue weighted by Crippen LogP contribution is 2.25. The molecule has 1 heterocycles. The maximum atomic E-state index is 6.22. The molecule has 0 radical (unpaired) electrons. The van der Waals surface area contributed by atoms with Crippen molar-refractivity contribution in [1.82, 2.24) is 4.98 Å². The van der Waals surface area contributed by atoms with Crippen molar-refractivity contribution in [2.75, 3.05) is 0 Å². The summed E-state index contributed by atoms with van der Waals surface area (Å²) in [6.45, 7) is 0. The fourth-order valence-corrected chi connectivity index (χ4v) is 2.71. The van der Waals surface area contributed by atoms with Gasteiger partial charge < -0.3 is 5.73 Å². The predicted octanol–water partition coefficient (Wildman–Crippen LogP) is 3.69. The lowest BCUT2D eigenvalue weighted by Gasteiger charge is -2.14. The van der Waals surface area contributed by atoms with Crippen molar-refractivity contribution in [1.29, 1.82) is 0 Å². The minimum atomic E-state index is -0.0333. The van der Waals surface area contributed by atoms with Crippen LogP contribution in [0.15, 0.2) is 47.1 Å². The van der Waals surface area contributed by atoms with Crippen LogP contribution < -0.4 is 5.73 Å². The molecule has 0 aliphatic carbocycles. The van der Waals surface area contributed by atoms with Gasteiger partial charge in [0, 0.05) is 32.4 Å². The fourth-order valence-electron chi connectivity index (χ4n) is 1.65. The Bertz CT molecular complexity index is 502. The number of hydrogen-bond donors (Lipinski definition) is 1. The van der Waals surface area contributed by atoms with Gasteiger partial charge in [-0.25, -0.2) is 0 Å². The summed E-state index contributed by atoms with van der Waals surface area (Å²) < 4.78 is 2.25. The van der Waals surface area contributed by atoms with Gasteiger partial charge in [-0.2, -0.15) is 0 Å². The van der Waals surface area contributed by atoms with E-state index in [0.717, 1.165) is 22.2 Å². The average Bonchev–Trinajstić information content (AvgIpc) is 2.33. The third kappa shape index (κ3) is 3.50. The van der Waals surface area contributed by atoms with E-state index in [1.54, 1.807) is 6.20 Å². The maximum absolute atomic E-state index is 6.22. The van der Waals surface area contributed by atoms with Gasteiger partial charge in [-0.3, -0.25) is 4.98 Å². The Morgan fingerprint density at radius 2 is 2.12 bits per heavy atom. The lowest BCUT2D eigenvalue weighted by atomic mass is 10.0. The standard InChI is InChI=1S/C13H12BrIN2/c14-12-5-4-9(15)7-11(12)13(16)8-10-3-1-2-6-17-10/h1-7,13H,8,16H2. The largest absolute Gasteiger partial charge is 0.324 e. The summed E-state index contributed by atoms with van der Waals surface area (Å²) in [6.07, 6.45) is 2.55. The summed E-state index contributed by atoms with van der Waals surface area (Å²) in [7, 11) is 0. The van der Waals surface area contributed by atoms with Gasteiger partial charge in [-0.1, -0.05) is 22.0 Å². The molecule has 1 atom stereocenters. The van der Waals surface area contributed by atoms with E-state index in [2.05, 4.69) is 55.6 Å². The van der Waals surface area contributed by atoms with Crippen LogP contribution in [0.1, 0.15) is 17.3 Å². The molecule has 2 rings (SSSR count). The Hall–Kier alpha value is -0.460. The van der Waals surface area contributed by atoms with Gasteiger partial charge >= 0.3 is 0 Å². The monoisotopic (exact) mass is 402 g/mol. The molecular weight excluding hydrogens is 391 g/mol. The Morgan fingerprint density at radius 3 is 2.82 bits per heavy atom. The van der Waals surface area contributed by atoms with Gasteiger partial charge in [0.05, 0.1) is 0 Å². The Labute approximate surface area is 123 Å². The van der Waals surface area contributed by atoms with E-state index in [9.17, 15) is 0 Å². The molecule has 0 aliphatic rings. The first-order chi connectivity index (χ1) is 8.16. The quantitative estimate of drug-likeness (QED) is 0.795. The van der Waals surface area contributed by atoms with Gasteiger partial charge in [-0.15, -0.1) is 0 Å². The summed E-state index contributed by atoms with van der Waals surface area (Å²) in [6, 6.07) is 12.1. The molecule has 2 nitrogen and oxygen atoms in total. The number of benzene rings is 1. The Morgan fingerprint density at radius 1 is 1.29 bits per heavy atom. The third-order valence-electron chi connectivity index (χ3n) is 2.51. The molecule has 1 aromatic carbocycles. The highest BCUT2D eigenvalue weighted by atomic mass is 127. The van der Waals surface area contributed by atoms with Crippen LogP contribution >= 0.6 is 38.5 Å². The normalized spacial score (nSPS) is 12.4. The molecule has 2 aromatic rings. The summed E-state index contributed by atoms with van der Waals surface area (Å²) in [5, 5.41) is 0. The zero-order valence-corrected chi connectivity index (χ0v) is 12.8. The second kappa shape index (κ2) is 5.93. The zero-order chi connectivity index (χ0) is 12.3. The molecule has 0 spiro atoms. The SMILES string of the molecule is NC(Cc1ccccn1)c1cc(I)ccc1Br. The van der Waals surface area contributed by atoms with Crippen LogP contribution in [-0.4, -0.2) is 4.98 Å². The molecule has 1 unspecified atom stereocenters. The lowest BCUT2D eigenvalue weighted by molar-refractivity contribution is 0.703. The van der Waals surface area contributed by atoms with Crippen molar-refractivity contribution < 1.29 is 0 Å². The van der Waals surface area contributed by atoms with Crippen molar-refractivity contribution in [2.24, 2.45) is 5.73 Å². The lowest BCUT2D eigenvalue weighted by Crippen LogP contribution is -2.14. The average molecular weight is 403 g/mol. The highest BCUT2D eigenvalue weighted by molar-refractivity contribution is 14.1. The topological polar surface area (TPSA) is 38.9 Å². The van der Waals surface area contributed by atoms with Gasteiger partial charge in [-0.05, 0) is 58.5 Å². The van der Waals surface area contributed by atoms with Gasteiger partial charge in [0.1, 0.15) is 0 Å². The Balaban J connectivity index is 2.20. The second-order valence-electron chi connectivity index (χ2n) is 3.80. The van der Waals surface area contributed by atoms with E-state index in [-0.39, 0.29) is 6.04 Å². The van der Waals surface area contributed by atoms with E-state index >= 15 is 0 Å². The van der Waals surface area contributed by atoms with Crippen LogP contribution in [0.25, 0.3) is 0 Å². The smallest absolute Gasteiger partial charge is 0.0422 e. The first-order valence-electron chi connectivity index (χ1n) is 5.27. The van der Waals surface area contributed by atoms with Crippen molar-refractivity contribution >= 4 is 38.5 Å². The molecule has 2 N–H and O–H groups in total. The summed E-state index contributed by atoms with van der Waals surface area (Å²) in [5.74, 6) is 0. The van der Waals surface area contributed by atoms with E-state index in [0.29, 0.717) is 0 Å². The molecule has 1 aromatic heterocycles. The van der Waals surface area contributed by atoms with Crippen molar-refractivity contribution in [3.8, 4) is 0 Å². The molecule has 0 aliphatic heterocycles. The fraction of sp³-hybridized carbons (Fsp3) is 0.154. The first kappa shape index (κ1) is 13.0.